The zero-order valence-electron chi connectivity index (χ0n) is 14.6. The fourth-order valence-electron chi connectivity index (χ4n) is 3.59. The van der Waals surface area contributed by atoms with Crippen LogP contribution in [0.2, 0.25) is 0 Å². The smallest absolute Gasteiger partial charge is 0.194 e. The summed E-state index contributed by atoms with van der Waals surface area (Å²) in [4.78, 5) is 6.84. The summed E-state index contributed by atoms with van der Waals surface area (Å²) < 4.78 is 24.9. The van der Waals surface area contributed by atoms with Crippen LogP contribution < -0.4 is 5.32 Å². The maximum atomic E-state index is 12.7. The van der Waals surface area contributed by atoms with Gasteiger partial charge < -0.3 is 10.2 Å². The molecular formula is C17H29N3O2S2. The molecule has 2 aliphatic rings. The highest BCUT2D eigenvalue weighted by Crippen LogP contribution is 2.38. The summed E-state index contributed by atoms with van der Waals surface area (Å²) in [6, 6.07) is 0. The van der Waals surface area contributed by atoms with E-state index in [0.717, 1.165) is 50.4 Å². The van der Waals surface area contributed by atoms with Crippen LogP contribution in [0.4, 0.5) is 0 Å². The second-order valence-electron chi connectivity index (χ2n) is 6.48. The van der Waals surface area contributed by atoms with Crippen LogP contribution in [0, 0.1) is 12.3 Å². The Morgan fingerprint density at radius 2 is 2.12 bits per heavy atom. The van der Waals surface area contributed by atoms with E-state index < -0.39 is 14.6 Å². The van der Waals surface area contributed by atoms with Gasteiger partial charge in [-0.1, -0.05) is 25.2 Å². The Morgan fingerprint density at radius 1 is 1.38 bits per heavy atom. The molecule has 1 aliphatic carbocycles. The van der Waals surface area contributed by atoms with Gasteiger partial charge in [-0.05, 0) is 19.8 Å². The molecule has 7 heteroatoms. The molecule has 1 heterocycles. The lowest BCUT2D eigenvalue weighted by Crippen LogP contribution is -2.60. The zero-order chi connectivity index (χ0) is 17.5. The maximum Gasteiger partial charge on any atom is 0.194 e. The van der Waals surface area contributed by atoms with Crippen molar-refractivity contribution in [3.05, 3.63) is 0 Å². The summed E-state index contributed by atoms with van der Waals surface area (Å²) >= 11 is 1.70. The Morgan fingerprint density at radius 3 is 2.79 bits per heavy atom. The molecule has 0 unspecified atom stereocenters. The van der Waals surface area contributed by atoms with Crippen LogP contribution >= 0.6 is 11.8 Å². The summed E-state index contributed by atoms with van der Waals surface area (Å²) in [6.45, 7) is 4.64. The fourth-order valence-corrected chi connectivity index (χ4v) is 6.23. The Balaban J connectivity index is 2.07. The summed E-state index contributed by atoms with van der Waals surface area (Å²) in [7, 11) is -3.01. The van der Waals surface area contributed by atoms with Crippen molar-refractivity contribution in [2.45, 2.75) is 43.8 Å². The Bertz CT molecular complexity index is 575. The van der Waals surface area contributed by atoms with E-state index >= 15 is 0 Å². The first-order chi connectivity index (χ1) is 11.5. The Hall–Kier alpha value is -0.870. The van der Waals surface area contributed by atoms with Gasteiger partial charge in [0.2, 0.25) is 0 Å². The fraction of sp³-hybridized carbons (Fsp3) is 0.824. The molecule has 0 aromatic carbocycles. The maximum absolute atomic E-state index is 12.7. The minimum atomic E-state index is -3.01. The van der Waals surface area contributed by atoms with Gasteiger partial charge in [0.05, 0.1) is 22.8 Å². The molecule has 136 valence electrons. The normalized spacial score (nSPS) is 23.0. The van der Waals surface area contributed by atoms with Crippen molar-refractivity contribution < 1.29 is 8.42 Å². The standard InChI is InChI=1S/C17H29N3O2S2/c1-3-12-23-13-10-19-16(18-4-2)20-11-14-24(21,22)17(15-20)8-6-5-7-9-17/h1H,4-15H2,2H3,(H,18,19). The monoisotopic (exact) mass is 371 g/mol. The quantitative estimate of drug-likeness (QED) is 0.345. The first-order valence-corrected chi connectivity index (χ1v) is 11.6. The molecule has 0 radical (unpaired) electrons. The SMILES string of the molecule is C#CCSCCN=C(NCC)N1CCS(=O)(=O)C2(CCCCC2)C1. The van der Waals surface area contributed by atoms with Gasteiger partial charge in [0.1, 0.15) is 0 Å². The van der Waals surface area contributed by atoms with Crippen LogP contribution in [0.5, 0.6) is 0 Å². The van der Waals surface area contributed by atoms with E-state index in [-0.39, 0.29) is 5.75 Å². The molecule has 24 heavy (non-hydrogen) atoms. The molecule has 1 saturated carbocycles. The number of guanidine groups is 1. The molecular weight excluding hydrogens is 342 g/mol. The van der Waals surface area contributed by atoms with Gasteiger partial charge >= 0.3 is 0 Å². The van der Waals surface area contributed by atoms with Crippen molar-refractivity contribution >= 4 is 27.6 Å². The molecule has 1 aliphatic heterocycles. The summed E-state index contributed by atoms with van der Waals surface area (Å²) in [6.07, 6.45) is 10.0. The second-order valence-corrected chi connectivity index (χ2v) is 10.1. The third-order valence-electron chi connectivity index (χ3n) is 4.85. The number of thioether (sulfide) groups is 1. The van der Waals surface area contributed by atoms with Gasteiger partial charge in [-0.3, -0.25) is 4.99 Å². The van der Waals surface area contributed by atoms with E-state index in [9.17, 15) is 8.42 Å². The molecule has 0 aromatic rings. The van der Waals surface area contributed by atoms with Crippen molar-refractivity contribution in [2.24, 2.45) is 4.99 Å². The highest BCUT2D eigenvalue weighted by Gasteiger charge is 2.48. The minimum absolute atomic E-state index is 0.239. The van der Waals surface area contributed by atoms with Crippen LogP contribution in [-0.4, -0.2) is 67.5 Å². The third kappa shape index (κ3) is 4.60. The van der Waals surface area contributed by atoms with E-state index in [1.165, 1.54) is 0 Å². The number of nitrogens with one attached hydrogen (secondary N) is 1. The van der Waals surface area contributed by atoms with Gasteiger partial charge in [-0.2, -0.15) is 0 Å². The van der Waals surface area contributed by atoms with Gasteiger partial charge in [0.15, 0.2) is 15.8 Å². The van der Waals surface area contributed by atoms with Crippen LogP contribution in [0.25, 0.3) is 0 Å². The number of hydrogen-bond acceptors (Lipinski definition) is 4. The highest BCUT2D eigenvalue weighted by molar-refractivity contribution is 7.99. The molecule has 5 nitrogen and oxygen atoms in total. The summed E-state index contributed by atoms with van der Waals surface area (Å²) in [5, 5.41) is 3.32. The van der Waals surface area contributed by atoms with Crippen molar-refractivity contribution in [1.82, 2.24) is 10.2 Å². The average molecular weight is 372 g/mol. The second kappa shape index (κ2) is 9.00. The lowest BCUT2D eigenvalue weighted by molar-refractivity contribution is 0.274. The molecule has 0 amide bonds. The van der Waals surface area contributed by atoms with Gasteiger partial charge in [-0.25, -0.2) is 8.42 Å². The lowest BCUT2D eigenvalue weighted by atomic mass is 9.87. The summed E-state index contributed by atoms with van der Waals surface area (Å²) in [5.74, 6) is 5.29. The van der Waals surface area contributed by atoms with Gasteiger partial charge in [0.25, 0.3) is 0 Å². The lowest BCUT2D eigenvalue weighted by Gasteiger charge is -2.45. The largest absolute Gasteiger partial charge is 0.357 e. The Kier molecular flexibility index (Phi) is 7.30. The topological polar surface area (TPSA) is 61.8 Å². The molecule has 0 aromatic heterocycles. The molecule has 0 atom stereocenters. The predicted molar refractivity (Wildman–Crippen MR) is 103 cm³/mol. The van der Waals surface area contributed by atoms with Crippen molar-refractivity contribution in [3.63, 3.8) is 0 Å². The van der Waals surface area contributed by atoms with Crippen molar-refractivity contribution in [3.8, 4) is 12.3 Å². The molecule has 1 N–H and O–H groups in total. The van der Waals surface area contributed by atoms with E-state index in [2.05, 4.69) is 21.1 Å². The number of aliphatic imine (C=N–C) groups is 1. The third-order valence-corrected chi connectivity index (χ3v) is 8.27. The van der Waals surface area contributed by atoms with Gasteiger partial charge in [-0.15, -0.1) is 18.2 Å². The summed E-state index contributed by atoms with van der Waals surface area (Å²) in [5.41, 5.74) is 0. The molecule has 1 spiro atoms. The first-order valence-electron chi connectivity index (χ1n) is 8.81. The van der Waals surface area contributed by atoms with E-state index in [0.29, 0.717) is 25.4 Å². The zero-order valence-corrected chi connectivity index (χ0v) is 16.2. The van der Waals surface area contributed by atoms with Crippen LogP contribution in [-0.2, 0) is 9.84 Å². The highest BCUT2D eigenvalue weighted by atomic mass is 32.2. The molecule has 1 saturated heterocycles. The molecule has 2 rings (SSSR count). The van der Waals surface area contributed by atoms with E-state index in [4.69, 9.17) is 6.42 Å². The average Bonchev–Trinajstić information content (AvgIpc) is 2.57. The Labute approximate surface area is 151 Å². The van der Waals surface area contributed by atoms with Gasteiger partial charge in [0, 0.05) is 25.4 Å². The van der Waals surface area contributed by atoms with Crippen molar-refractivity contribution in [1.29, 1.82) is 0 Å². The molecule has 0 bridgehead atoms. The minimum Gasteiger partial charge on any atom is -0.357 e. The predicted octanol–water partition coefficient (Wildman–Crippen LogP) is 1.75. The number of nitrogens with zero attached hydrogens (tertiary/aromatic N) is 2. The molecule has 2 fully saturated rings. The first kappa shape index (κ1) is 19.5. The van der Waals surface area contributed by atoms with Crippen LogP contribution in [0.1, 0.15) is 39.0 Å². The van der Waals surface area contributed by atoms with Crippen molar-refractivity contribution in [2.75, 3.05) is 43.4 Å². The number of hydrogen-bond donors (Lipinski definition) is 1. The number of rotatable bonds is 5. The van der Waals surface area contributed by atoms with Crippen LogP contribution in [0.3, 0.4) is 0 Å². The van der Waals surface area contributed by atoms with E-state index in [1.807, 2.05) is 6.92 Å². The van der Waals surface area contributed by atoms with E-state index in [1.54, 1.807) is 11.8 Å². The number of sulfone groups is 1. The van der Waals surface area contributed by atoms with Crippen LogP contribution in [0.15, 0.2) is 4.99 Å². The number of terminal acetylenes is 1.